The normalized spacial score (nSPS) is 34.7. The fourth-order valence-corrected chi connectivity index (χ4v) is 2.00. The molecule has 2 rings (SSSR count). The fourth-order valence-electron chi connectivity index (χ4n) is 2.00. The number of halogens is 2. The maximum Gasteiger partial charge on any atom is 0.330 e. The molecule has 0 radical (unpaired) electrons. The summed E-state index contributed by atoms with van der Waals surface area (Å²) in [6.07, 6.45) is -4.10. The molecule has 0 unspecified atom stereocenters. The largest absolute Gasteiger partial charge is 0.394 e. The van der Waals surface area contributed by atoms with Crippen LogP contribution in [0.1, 0.15) is 13.2 Å². The monoisotopic (exact) mass is 278 g/mol. The van der Waals surface area contributed by atoms with E-state index >= 15 is 0 Å². The number of nitrogens with zero attached hydrogens (tertiary/aromatic N) is 1. The van der Waals surface area contributed by atoms with Gasteiger partial charge in [0.05, 0.1) is 12.8 Å². The topological polar surface area (TPSA) is 105 Å². The first-order valence-electron chi connectivity index (χ1n) is 5.43. The molecule has 0 aromatic carbocycles. The summed E-state index contributed by atoms with van der Waals surface area (Å²) < 4.78 is 33.0. The van der Waals surface area contributed by atoms with Gasteiger partial charge in [-0.3, -0.25) is 14.3 Å². The molecule has 4 atom stereocenters. The third-order valence-electron chi connectivity index (χ3n) is 3.07. The van der Waals surface area contributed by atoms with E-state index in [2.05, 4.69) is 0 Å². The lowest BCUT2D eigenvalue weighted by Crippen LogP contribution is -2.44. The van der Waals surface area contributed by atoms with E-state index in [4.69, 9.17) is 9.84 Å². The van der Waals surface area contributed by atoms with Crippen LogP contribution in [0.25, 0.3) is 0 Å². The molecule has 0 spiro atoms. The van der Waals surface area contributed by atoms with Crippen molar-refractivity contribution in [2.24, 2.45) is 0 Å². The Balaban J connectivity index is 2.51. The van der Waals surface area contributed by atoms with Gasteiger partial charge in [0, 0.05) is 0 Å². The molecule has 9 heteroatoms. The van der Waals surface area contributed by atoms with Crippen LogP contribution in [0.3, 0.4) is 0 Å². The van der Waals surface area contributed by atoms with E-state index < -0.39 is 47.8 Å². The first kappa shape index (κ1) is 13.8. The molecule has 0 bridgehead atoms. The molecular formula is C10H12F2N2O5. The van der Waals surface area contributed by atoms with Crippen molar-refractivity contribution in [3.05, 3.63) is 32.9 Å². The van der Waals surface area contributed by atoms with Crippen LogP contribution in [0, 0.1) is 5.82 Å². The van der Waals surface area contributed by atoms with Gasteiger partial charge < -0.3 is 14.9 Å². The smallest absolute Gasteiger partial charge is 0.330 e. The minimum Gasteiger partial charge on any atom is -0.394 e. The molecule has 19 heavy (non-hydrogen) atoms. The molecule has 7 nitrogen and oxygen atoms in total. The number of aliphatic hydroxyl groups is 2. The van der Waals surface area contributed by atoms with Gasteiger partial charge in [0.1, 0.15) is 12.2 Å². The fraction of sp³-hybridized carbons (Fsp3) is 0.600. The molecule has 1 aliphatic heterocycles. The lowest BCUT2D eigenvalue weighted by atomic mass is 9.98. The van der Waals surface area contributed by atoms with Crippen LogP contribution in [0.15, 0.2) is 15.8 Å². The summed E-state index contributed by atoms with van der Waals surface area (Å²) >= 11 is 0. The van der Waals surface area contributed by atoms with Crippen molar-refractivity contribution >= 4 is 0 Å². The molecule has 0 aliphatic carbocycles. The highest BCUT2D eigenvalue weighted by atomic mass is 19.1. The maximum atomic E-state index is 14.3. The number of alkyl halides is 1. The molecule has 0 saturated carbocycles. The van der Waals surface area contributed by atoms with Gasteiger partial charge >= 0.3 is 5.69 Å². The van der Waals surface area contributed by atoms with Crippen molar-refractivity contribution in [2.45, 2.75) is 31.0 Å². The SMILES string of the molecule is C[C@@]1(F)[C@H](O)[C@@H](CO)O[C@H]1n1cc(F)c(=O)[nH]c1=O. The Morgan fingerprint density at radius 2 is 2.21 bits per heavy atom. The van der Waals surface area contributed by atoms with Gasteiger partial charge in [0.2, 0.25) is 5.82 Å². The lowest BCUT2D eigenvalue weighted by molar-refractivity contribution is -0.0616. The van der Waals surface area contributed by atoms with Crippen molar-refractivity contribution < 1.29 is 23.7 Å². The Hall–Kier alpha value is -1.58. The van der Waals surface area contributed by atoms with Crippen molar-refractivity contribution in [1.82, 2.24) is 9.55 Å². The van der Waals surface area contributed by atoms with E-state index in [0.717, 1.165) is 6.92 Å². The summed E-state index contributed by atoms with van der Waals surface area (Å²) in [6.45, 7) is 0.283. The standard InChI is InChI=1S/C10H12F2N2O5/c1-10(12)6(16)5(3-15)19-8(10)14-2-4(11)7(17)13-9(14)18/h2,5-6,8,15-16H,3H2,1H3,(H,13,17,18)/t5-,6-,8-,10-/m1/s1. The zero-order chi connectivity index (χ0) is 14.4. The van der Waals surface area contributed by atoms with Crippen LogP contribution in [0.2, 0.25) is 0 Å². The number of hydrogen-bond acceptors (Lipinski definition) is 5. The molecule has 2 heterocycles. The van der Waals surface area contributed by atoms with Crippen LogP contribution in [-0.4, -0.2) is 44.2 Å². The highest BCUT2D eigenvalue weighted by molar-refractivity contribution is 5.01. The van der Waals surface area contributed by atoms with E-state index in [9.17, 15) is 23.5 Å². The average Bonchev–Trinajstić information content (AvgIpc) is 2.56. The first-order chi connectivity index (χ1) is 8.78. The number of ether oxygens (including phenoxy) is 1. The number of aromatic amines is 1. The molecule has 3 N–H and O–H groups in total. The van der Waals surface area contributed by atoms with Crippen molar-refractivity contribution in [1.29, 1.82) is 0 Å². The van der Waals surface area contributed by atoms with Crippen LogP contribution >= 0.6 is 0 Å². The molecule has 1 aliphatic rings. The molecule has 0 amide bonds. The number of rotatable bonds is 2. The quantitative estimate of drug-likeness (QED) is 0.620. The molecule has 1 saturated heterocycles. The van der Waals surface area contributed by atoms with Gasteiger partial charge in [-0.15, -0.1) is 0 Å². The number of hydrogen-bond donors (Lipinski definition) is 3. The lowest BCUT2D eigenvalue weighted by Gasteiger charge is -2.24. The second-order valence-electron chi connectivity index (χ2n) is 4.45. The van der Waals surface area contributed by atoms with E-state index in [0.29, 0.717) is 10.8 Å². The van der Waals surface area contributed by atoms with Crippen LogP contribution < -0.4 is 11.2 Å². The summed E-state index contributed by atoms with van der Waals surface area (Å²) in [5.41, 5.74) is -4.74. The first-order valence-corrected chi connectivity index (χ1v) is 5.43. The predicted octanol–water partition coefficient (Wildman–Crippen LogP) is -1.35. The Labute approximate surface area is 105 Å². The summed E-state index contributed by atoms with van der Waals surface area (Å²) in [6, 6.07) is 0. The summed E-state index contributed by atoms with van der Waals surface area (Å²) in [7, 11) is 0. The summed E-state index contributed by atoms with van der Waals surface area (Å²) in [4.78, 5) is 24.1. The van der Waals surface area contributed by atoms with Gasteiger partial charge in [-0.2, -0.15) is 4.39 Å². The minimum atomic E-state index is -2.43. The minimum absolute atomic E-state index is 0.496. The van der Waals surface area contributed by atoms with Gasteiger partial charge in [-0.25, -0.2) is 9.18 Å². The Kier molecular flexibility index (Phi) is 3.29. The van der Waals surface area contributed by atoms with E-state index in [1.54, 1.807) is 4.98 Å². The molecule has 1 fully saturated rings. The van der Waals surface area contributed by atoms with Crippen LogP contribution in [0.4, 0.5) is 8.78 Å². The van der Waals surface area contributed by atoms with E-state index in [1.807, 2.05) is 0 Å². The Morgan fingerprint density at radius 1 is 1.58 bits per heavy atom. The number of nitrogens with one attached hydrogen (secondary N) is 1. The average molecular weight is 278 g/mol. The maximum absolute atomic E-state index is 14.3. The third-order valence-corrected chi connectivity index (χ3v) is 3.07. The summed E-state index contributed by atoms with van der Waals surface area (Å²) in [5, 5.41) is 18.6. The number of aromatic nitrogens is 2. The van der Waals surface area contributed by atoms with Gasteiger partial charge in [0.25, 0.3) is 5.56 Å². The van der Waals surface area contributed by atoms with E-state index in [-0.39, 0.29) is 0 Å². The summed E-state index contributed by atoms with van der Waals surface area (Å²) in [5.74, 6) is -1.29. The molecular weight excluding hydrogens is 266 g/mol. The molecule has 106 valence electrons. The van der Waals surface area contributed by atoms with E-state index in [1.165, 1.54) is 0 Å². The molecule has 1 aromatic heterocycles. The third kappa shape index (κ3) is 2.09. The van der Waals surface area contributed by atoms with Gasteiger partial charge in [0.15, 0.2) is 11.9 Å². The van der Waals surface area contributed by atoms with Crippen molar-refractivity contribution in [3.8, 4) is 0 Å². The number of aliphatic hydroxyl groups excluding tert-OH is 2. The van der Waals surface area contributed by atoms with Crippen molar-refractivity contribution in [3.63, 3.8) is 0 Å². The van der Waals surface area contributed by atoms with Crippen molar-refractivity contribution in [2.75, 3.05) is 6.61 Å². The van der Waals surface area contributed by atoms with Crippen LogP contribution in [-0.2, 0) is 4.74 Å². The predicted molar refractivity (Wildman–Crippen MR) is 57.8 cm³/mol. The van der Waals surface area contributed by atoms with Gasteiger partial charge in [-0.05, 0) is 6.92 Å². The van der Waals surface area contributed by atoms with Crippen LogP contribution in [0.5, 0.6) is 0 Å². The second kappa shape index (κ2) is 4.51. The molecule has 1 aromatic rings. The zero-order valence-electron chi connectivity index (χ0n) is 9.84. The highest BCUT2D eigenvalue weighted by Gasteiger charge is 2.55. The Bertz CT molecular complexity index is 596. The second-order valence-corrected chi connectivity index (χ2v) is 4.45. The number of H-pyrrole nitrogens is 1. The van der Waals surface area contributed by atoms with Gasteiger partial charge in [-0.1, -0.05) is 0 Å². The highest BCUT2D eigenvalue weighted by Crippen LogP contribution is 2.40. The Morgan fingerprint density at radius 3 is 2.74 bits per heavy atom. The zero-order valence-corrected chi connectivity index (χ0v) is 9.84.